The van der Waals surface area contributed by atoms with Gasteiger partial charge >= 0.3 is 12.1 Å². The zero-order valence-electron chi connectivity index (χ0n) is 16.5. The first-order valence-electron chi connectivity index (χ1n) is 9.72. The van der Waals surface area contributed by atoms with Gasteiger partial charge in [-0.05, 0) is 34.9 Å². The maximum absolute atomic E-state index is 13.1. The molecule has 31 heavy (non-hydrogen) atoms. The third-order valence-corrected chi connectivity index (χ3v) is 5.29. The number of benzene rings is 3. The zero-order chi connectivity index (χ0) is 21.8. The quantitative estimate of drug-likeness (QED) is 0.584. The summed E-state index contributed by atoms with van der Waals surface area (Å²) in [7, 11) is 0. The molecule has 1 aliphatic rings. The molecule has 1 aliphatic heterocycles. The van der Waals surface area contributed by atoms with E-state index in [1.54, 1.807) is 23.1 Å². The van der Waals surface area contributed by atoms with E-state index in [1.807, 2.05) is 54.6 Å². The molecule has 1 amide bonds. The molecule has 6 nitrogen and oxygen atoms in total. The number of fused-ring (bicyclic) bond motifs is 1. The summed E-state index contributed by atoms with van der Waals surface area (Å²) in [5.41, 5.74) is 3.39. The molecule has 0 saturated heterocycles. The van der Waals surface area contributed by atoms with Crippen LogP contribution in [0.15, 0.2) is 72.8 Å². The maximum atomic E-state index is 13.1. The van der Waals surface area contributed by atoms with Crippen LogP contribution in [0.2, 0.25) is 5.02 Å². The van der Waals surface area contributed by atoms with Crippen molar-refractivity contribution in [1.29, 1.82) is 0 Å². The van der Waals surface area contributed by atoms with Gasteiger partial charge in [0.15, 0.2) is 6.61 Å². The Morgan fingerprint density at radius 1 is 1.00 bits per heavy atom. The van der Waals surface area contributed by atoms with Gasteiger partial charge in [-0.25, -0.2) is 9.59 Å². The molecular weight excluding hydrogens is 418 g/mol. The van der Waals surface area contributed by atoms with E-state index >= 15 is 0 Å². The van der Waals surface area contributed by atoms with Crippen molar-refractivity contribution in [2.75, 3.05) is 6.61 Å². The van der Waals surface area contributed by atoms with Crippen molar-refractivity contribution >= 4 is 23.7 Å². The number of carbonyl (C=O) groups excluding carboxylic acids is 1. The van der Waals surface area contributed by atoms with Gasteiger partial charge in [-0.15, -0.1) is 0 Å². The fourth-order valence-electron chi connectivity index (χ4n) is 3.70. The summed E-state index contributed by atoms with van der Waals surface area (Å²) in [5, 5.41) is 9.48. The Kier molecular flexibility index (Phi) is 6.09. The number of carbonyl (C=O) groups is 2. The fourth-order valence-corrected chi connectivity index (χ4v) is 3.88. The van der Waals surface area contributed by atoms with Gasteiger partial charge < -0.3 is 14.6 Å². The number of carboxylic acids is 1. The van der Waals surface area contributed by atoms with E-state index in [0.29, 0.717) is 22.9 Å². The summed E-state index contributed by atoms with van der Waals surface area (Å²) in [6, 6.07) is 21.6. The first-order valence-corrected chi connectivity index (χ1v) is 10.1. The monoisotopic (exact) mass is 437 g/mol. The van der Waals surface area contributed by atoms with Crippen LogP contribution < -0.4 is 4.74 Å². The van der Waals surface area contributed by atoms with Crippen molar-refractivity contribution in [1.82, 2.24) is 4.90 Å². The summed E-state index contributed by atoms with van der Waals surface area (Å²) >= 11 is 6.25. The highest BCUT2D eigenvalue weighted by molar-refractivity contribution is 6.30. The van der Waals surface area contributed by atoms with Crippen LogP contribution in [0.3, 0.4) is 0 Å². The van der Waals surface area contributed by atoms with Gasteiger partial charge in [0, 0.05) is 10.6 Å². The molecule has 3 aromatic rings. The summed E-state index contributed by atoms with van der Waals surface area (Å²) in [4.78, 5) is 25.7. The van der Waals surface area contributed by atoms with Crippen LogP contribution in [0.1, 0.15) is 28.3 Å². The SMILES string of the molecule is O=C(O)COc1ccc(Cl)cc1C1c2ccccc2CN1C(=O)OCc1ccccc1. The Morgan fingerprint density at radius 2 is 1.74 bits per heavy atom. The highest BCUT2D eigenvalue weighted by Gasteiger charge is 2.37. The lowest BCUT2D eigenvalue weighted by molar-refractivity contribution is -0.139. The highest BCUT2D eigenvalue weighted by atomic mass is 35.5. The summed E-state index contributed by atoms with van der Waals surface area (Å²) in [6.07, 6.45) is -0.478. The number of hydrogen-bond acceptors (Lipinski definition) is 4. The van der Waals surface area contributed by atoms with Gasteiger partial charge in [0.2, 0.25) is 0 Å². The molecule has 0 aromatic heterocycles. The van der Waals surface area contributed by atoms with E-state index in [4.69, 9.17) is 26.2 Å². The van der Waals surface area contributed by atoms with Gasteiger partial charge in [-0.3, -0.25) is 4.90 Å². The Hall–Kier alpha value is -3.51. The maximum Gasteiger partial charge on any atom is 0.411 e. The summed E-state index contributed by atoms with van der Waals surface area (Å²) in [5.74, 6) is -0.735. The molecular formula is C24H20ClNO5. The number of rotatable bonds is 6. The highest BCUT2D eigenvalue weighted by Crippen LogP contribution is 2.43. The average molecular weight is 438 g/mol. The summed E-state index contributed by atoms with van der Waals surface area (Å²) < 4.78 is 11.1. The first-order chi connectivity index (χ1) is 15.0. The standard InChI is InChI=1S/C24H20ClNO5/c25-18-10-11-21(30-15-22(27)28)20(12-18)23-19-9-5-4-8-17(19)13-26(23)24(29)31-14-16-6-2-1-3-7-16/h1-12,23H,13-15H2,(H,27,28). The molecule has 0 radical (unpaired) electrons. The molecule has 0 bridgehead atoms. The van der Waals surface area contributed by atoms with E-state index in [2.05, 4.69) is 0 Å². The minimum absolute atomic E-state index is 0.150. The van der Waals surface area contributed by atoms with Crippen molar-refractivity contribution in [2.45, 2.75) is 19.2 Å². The third-order valence-electron chi connectivity index (χ3n) is 5.06. The van der Waals surface area contributed by atoms with E-state index in [1.165, 1.54) is 0 Å². The van der Waals surface area contributed by atoms with E-state index in [9.17, 15) is 9.59 Å². The van der Waals surface area contributed by atoms with Crippen LogP contribution in [0.5, 0.6) is 5.75 Å². The topological polar surface area (TPSA) is 76.1 Å². The molecule has 1 unspecified atom stereocenters. The molecule has 4 rings (SSSR count). The van der Waals surface area contributed by atoms with Crippen molar-refractivity contribution in [3.05, 3.63) is 100 Å². The lowest BCUT2D eigenvalue weighted by atomic mass is 9.97. The van der Waals surface area contributed by atoms with Crippen LogP contribution >= 0.6 is 11.6 Å². The minimum atomic E-state index is -1.09. The van der Waals surface area contributed by atoms with Crippen molar-refractivity contribution < 1.29 is 24.2 Å². The Morgan fingerprint density at radius 3 is 2.52 bits per heavy atom. The van der Waals surface area contributed by atoms with Crippen LogP contribution in [0.25, 0.3) is 0 Å². The van der Waals surface area contributed by atoms with Crippen molar-refractivity contribution in [3.8, 4) is 5.75 Å². The average Bonchev–Trinajstić information content (AvgIpc) is 3.17. The molecule has 7 heteroatoms. The number of aliphatic carboxylic acids is 1. The second-order valence-electron chi connectivity index (χ2n) is 7.13. The predicted octanol–water partition coefficient (Wildman–Crippen LogP) is 5.05. The normalized spacial score (nSPS) is 14.7. The minimum Gasteiger partial charge on any atom is -0.482 e. The Bertz CT molecular complexity index is 1100. The molecule has 0 spiro atoms. The molecule has 158 valence electrons. The van der Waals surface area contributed by atoms with Gasteiger partial charge in [0.1, 0.15) is 12.4 Å². The second-order valence-corrected chi connectivity index (χ2v) is 7.57. The predicted molar refractivity (Wildman–Crippen MR) is 115 cm³/mol. The third kappa shape index (κ3) is 4.64. The van der Waals surface area contributed by atoms with Crippen molar-refractivity contribution in [3.63, 3.8) is 0 Å². The Labute approximate surface area is 184 Å². The number of hydrogen-bond donors (Lipinski definition) is 1. The van der Waals surface area contributed by atoms with Gasteiger partial charge in [0.05, 0.1) is 12.6 Å². The summed E-state index contributed by atoms with van der Waals surface area (Å²) in [6.45, 7) is 0.0119. The van der Waals surface area contributed by atoms with E-state index in [-0.39, 0.29) is 6.61 Å². The van der Waals surface area contributed by atoms with Gasteiger partial charge in [0.25, 0.3) is 0 Å². The molecule has 0 saturated carbocycles. The van der Waals surface area contributed by atoms with Crippen molar-refractivity contribution in [2.24, 2.45) is 0 Å². The van der Waals surface area contributed by atoms with Gasteiger partial charge in [-0.2, -0.15) is 0 Å². The van der Waals surface area contributed by atoms with Crippen LogP contribution in [0.4, 0.5) is 4.79 Å². The Balaban J connectivity index is 1.66. The molecule has 3 aromatic carbocycles. The van der Waals surface area contributed by atoms with Crippen LogP contribution in [0, 0.1) is 0 Å². The van der Waals surface area contributed by atoms with E-state index < -0.39 is 24.7 Å². The number of halogens is 1. The lowest BCUT2D eigenvalue weighted by Gasteiger charge is -2.26. The number of ether oxygens (including phenoxy) is 2. The molecule has 1 atom stereocenters. The molecule has 0 aliphatic carbocycles. The second kappa shape index (κ2) is 9.10. The first kappa shape index (κ1) is 20.8. The van der Waals surface area contributed by atoms with Crippen LogP contribution in [-0.2, 0) is 22.7 Å². The largest absolute Gasteiger partial charge is 0.482 e. The number of amides is 1. The van der Waals surface area contributed by atoms with E-state index in [0.717, 1.165) is 16.7 Å². The lowest BCUT2D eigenvalue weighted by Crippen LogP contribution is -2.31. The van der Waals surface area contributed by atoms with Gasteiger partial charge in [-0.1, -0.05) is 66.2 Å². The zero-order valence-corrected chi connectivity index (χ0v) is 17.3. The van der Waals surface area contributed by atoms with Crippen LogP contribution in [-0.4, -0.2) is 28.7 Å². The number of carboxylic acid groups (broad SMARTS) is 1. The fraction of sp³-hybridized carbons (Fsp3) is 0.167. The molecule has 0 fully saturated rings. The smallest absolute Gasteiger partial charge is 0.411 e. The number of nitrogens with zero attached hydrogens (tertiary/aromatic N) is 1. The molecule has 1 N–H and O–H groups in total. The molecule has 1 heterocycles.